The lowest BCUT2D eigenvalue weighted by molar-refractivity contribution is -0.122. The van der Waals surface area contributed by atoms with Crippen LogP contribution in [-0.2, 0) is 16.1 Å². The first-order valence-corrected chi connectivity index (χ1v) is 7.25. The minimum atomic E-state index is -0.0642. The Morgan fingerprint density at radius 1 is 1.45 bits per heavy atom. The van der Waals surface area contributed by atoms with Crippen molar-refractivity contribution in [3.63, 3.8) is 0 Å². The van der Waals surface area contributed by atoms with Gasteiger partial charge in [0.05, 0.1) is 29.8 Å². The number of nitrogens with two attached hydrogens (primary N) is 1. The van der Waals surface area contributed by atoms with Crippen LogP contribution in [0.4, 0.5) is 5.69 Å². The summed E-state index contributed by atoms with van der Waals surface area (Å²) in [5, 5.41) is 7.09. The van der Waals surface area contributed by atoms with E-state index in [0.717, 1.165) is 24.2 Å². The number of carbonyl (C=O) groups is 1. The van der Waals surface area contributed by atoms with Crippen LogP contribution in [0.25, 0.3) is 0 Å². The third kappa shape index (κ3) is 3.72. The van der Waals surface area contributed by atoms with Crippen molar-refractivity contribution in [3.8, 4) is 0 Å². The monoisotopic (exact) mass is 280 g/mol. The van der Waals surface area contributed by atoms with Crippen LogP contribution in [-0.4, -0.2) is 34.9 Å². The molecule has 1 aromatic rings. The van der Waals surface area contributed by atoms with E-state index in [1.165, 1.54) is 12.8 Å². The van der Waals surface area contributed by atoms with E-state index in [4.69, 9.17) is 10.5 Å². The van der Waals surface area contributed by atoms with Gasteiger partial charge in [0.15, 0.2) is 0 Å². The summed E-state index contributed by atoms with van der Waals surface area (Å²) in [5.41, 5.74) is 8.09. The highest BCUT2D eigenvalue weighted by Gasteiger charge is 2.15. The van der Waals surface area contributed by atoms with E-state index in [0.29, 0.717) is 24.9 Å². The van der Waals surface area contributed by atoms with Crippen LogP contribution in [0.2, 0.25) is 0 Å². The normalized spacial score (nSPS) is 15.7. The number of aromatic nitrogens is 2. The molecule has 0 radical (unpaired) electrons. The highest BCUT2D eigenvalue weighted by molar-refractivity contribution is 5.75. The first-order chi connectivity index (χ1) is 9.58. The first-order valence-electron chi connectivity index (χ1n) is 7.25. The number of ether oxygens (including phenoxy) is 1. The van der Waals surface area contributed by atoms with Crippen LogP contribution in [0.3, 0.4) is 0 Å². The van der Waals surface area contributed by atoms with E-state index in [1.807, 2.05) is 13.8 Å². The molecule has 20 heavy (non-hydrogen) atoms. The fourth-order valence-electron chi connectivity index (χ4n) is 2.53. The number of amides is 1. The maximum atomic E-state index is 11.8. The Kier molecular flexibility index (Phi) is 5.00. The molecule has 1 amide bonds. The van der Waals surface area contributed by atoms with Crippen LogP contribution in [0.15, 0.2) is 0 Å². The van der Waals surface area contributed by atoms with Gasteiger partial charge in [0.25, 0.3) is 0 Å². The van der Waals surface area contributed by atoms with Gasteiger partial charge < -0.3 is 15.8 Å². The van der Waals surface area contributed by atoms with Crippen LogP contribution < -0.4 is 11.1 Å². The highest BCUT2D eigenvalue weighted by Crippen LogP contribution is 2.20. The first kappa shape index (κ1) is 14.8. The van der Waals surface area contributed by atoms with Crippen molar-refractivity contribution in [1.29, 1.82) is 0 Å². The van der Waals surface area contributed by atoms with Gasteiger partial charge in [-0.15, -0.1) is 0 Å². The van der Waals surface area contributed by atoms with Crippen molar-refractivity contribution in [1.82, 2.24) is 15.1 Å². The Balaban J connectivity index is 1.68. The Morgan fingerprint density at radius 3 is 2.75 bits per heavy atom. The molecule has 6 nitrogen and oxygen atoms in total. The number of nitrogens with zero attached hydrogens (tertiary/aromatic N) is 2. The molecule has 0 atom stereocenters. The number of nitrogen functional groups attached to an aromatic ring is 1. The molecule has 1 fully saturated rings. The number of rotatable bonds is 6. The molecule has 0 spiro atoms. The molecule has 1 heterocycles. The summed E-state index contributed by atoms with van der Waals surface area (Å²) in [6.07, 6.45) is 5.22. The molecule has 0 aromatic carbocycles. The van der Waals surface area contributed by atoms with E-state index in [1.54, 1.807) is 4.68 Å². The Hall–Kier alpha value is -1.56. The fourth-order valence-corrected chi connectivity index (χ4v) is 2.53. The number of hydrogen-bond donors (Lipinski definition) is 2. The molecule has 1 aromatic heterocycles. The minimum Gasteiger partial charge on any atom is -0.396 e. The van der Waals surface area contributed by atoms with E-state index in [2.05, 4.69) is 10.4 Å². The maximum absolute atomic E-state index is 11.8. The van der Waals surface area contributed by atoms with Crippen molar-refractivity contribution in [2.75, 3.05) is 18.9 Å². The maximum Gasteiger partial charge on any atom is 0.241 e. The summed E-state index contributed by atoms with van der Waals surface area (Å²) in [7, 11) is 0. The lowest BCUT2D eigenvalue weighted by Gasteiger charge is -2.11. The molecule has 112 valence electrons. The zero-order valence-corrected chi connectivity index (χ0v) is 12.3. The summed E-state index contributed by atoms with van der Waals surface area (Å²) < 4.78 is 7.33. The number of hydrogen-bond acceptors (Lipinski definition) is 4. The SMILES string of the molecule is Cc1nn(CC(=O)NCCOC2CCCC2)c(C)c1N. The molecule has 0 saturated heterocycles. The van der Waals surface area contributed by atoms with Gasteiger partial charge in [0.2, 0.25) is 5.91 Å². The van der Waals surface area contributed by atoms with Crippen molar-refractivity contribution < 1.29 is 9.53 Å². The molecule has 6 heteroatoms. The molecule has 1 aliphatic carbocycles. The topological polar surface area (TPSA) is 82.2 Å². The summed E-state index contributed by atoms with van der Waals surface area (Å²) >= 11 is 0. The van der Waals surface area contributed by atoms with E-state index in [-0.39, 0.29) is 12.5 Å². The van der Waals surface area contributed by atoms with E-state index >= 15 is 0 Å². The molecule has 1 saturated carbocycles. The van der Waals surface area contributed by atoms with E-state index in [9.17, 15) is 4.79 Å². The predicted molar refractivity (Wildman–Crippen MR) is 77.3 cm³/mol. The fraction of sp³-hybridized carbons (Fsp3) is 0.714. The third-order valence-corrected chi connectivity index (χ3v) is 3.81. The van der Waals surface area contributed by atoms with Crippen LogP contribution in [0.5, 0.6) is 0 Å². The number of anilines is 1. The molecule has 3 N–H and O–H groups in total. The van der Waals surface area contributed by atoms with Gasteiger partial charge in [-0.3, -0.25) is 9.48 Å². The summed E-state index contributed by atoms with van der Waals surface area (Å²) in [4.78, 5) is 11.8. The standard InChI is InChI=1S/C14H24N4O2/c1-10-14(15)11(2)18(17-10)9-13(19)16-7-8-20-12-5-3-4-6-12/h12H,3-9,15H2,1-2H3,(H,16,19). The third-order valence-electron chi connectivity index (χ3n) is 3.81. The van der Waals surface area contributed by atoms with Gasteiger partial charge in [-0.1, -0.05) is 12.8 Å². The summed E-state index contributed by atoms with van der Waals surface area (Å²) in [6, 6.07) is 0. The minimum absolute atomic E-state index is 0.0642. The molecular formula is C14H24N4O2. The number of aryl methyl sites for hydroxylation is 1. The molecule has 0 bridgehead atoms. The molecular weight excluding hydrogens is 256 g/mol. The second-order valence-electron chi connectivity index (χ2n) is 5.37. The molecule has 2 rings (SSSR count). The average Bonchev–Trinajstić information content (AvgIpc) is 3.01. The second kappa shape index (κ2) is 6.74. The Bertz CT molecular complexity index is 464. The van der Waals surface area contributed by atoms with Crippen molar-refractivity contribution in [3.05, 3.63) is 11.4 Å². The zero-order chi connectivity index (χ0) is 14.5. The summed E-state index contributed by atoms with van der Waals surface area (Å²) in [5.74, 6) is -0.0642. The lowest BCUT2D eigenvalue weighted by Crippen LogP contribution is -2.31. The van der Waals surface area contributed by atoms with Crippen LogP contribution >= 0.6 is 0 Å². The van der Waals surface area contributed by atoms with Gasteiger partial charge in [0, 0.05) is 6.54 Å². The van der Waals surface area contributed by atoms with Crippen LogP contribution in [0, 0.1) is 13.8 Å². The predicted octanol–water partition coefficient (Wildman–Crippen LogP) is 1.16. The zero-order valence-electron chi connectivity index (χ0n) is 12.3. The highest BCUT2D eigenvalue weighted by atomic mass is 16.5. The average molecular weight is 280 g/mol. The van der Waals surface area contributed by atoms with Crippen molar-refractivity contribution >= 4 is 11.6 Å². The second-order valence-corrected chi connectivity index (χ2v) is 5.37. The van der Waals surface area contributed by atoms with Gasteiger partial charge in [-0.05, 0) is 26.7 Å². The lowest BCUT2D eigenvalue weighted by atomic mass is 10.3. The summed E-state index contributed by atoms with van der Waals surface area (Å²) in [6.45, 7) is 5.03. The van der Waals surface area contributed by atoms with Crippen molar-refractivity contribution in [2.24, 2.45) is 0 Å². The quantitative estimate of drug-likeness (QED) is 0.766. The molecule has 0 aliphatic heterocycles. The number of nitrogens with one attached hydrogen (secondary N) is 1. The largest absolute Gasteiger partial charge is 0.396 e. The molecule has 1 aliphatic rings. The van der Waals surface area contributed by atoms with Crippen LogP contribution in [0.1, 0.15) is 37.1 Å². The van der Waals surface area contributed by atoms with Crippen molar-refractivity contribution in [2.45, 2.75) is 52.2 Å². The number of carbonyl (C=O) groups excluding carboxylic acids is 1. The smallest absolute Gasteiger partial charge is 0.241 e. The van der Waals surface area contributed by atoms with Gasteiger partial charge in [-0.25, -0.2) is 0 Å². The molecule has 0 unspecified atom stereocenters. The van der Waals surface area contributed by atoms with E-state index < -0.39 is 0 Å². The van der Waals surface area contributed by atoms with Gasteiger partial charge in [-0.2, -0.15) is 5.10 Å². The Morgan fingerprint density at radius 2 is 2.15 bits per heavy atom. The van der Waals surface area contributed by atoms with Gasteiger partial charge in [0.1, 0.15) is 6.54 Å². The van der Waals surface area contributed by atoms with Gasteiger partial charge >= 0.3 is 0 Å². The Labute approximate surface area is 119 Å².